The van der Waals surface area contributed by atoms with Crippen LogP contribution in [0.15, 0.2) is 0 Å². The summed E-state index contributed by atoms with van der Waals surface area (Å²) in [5, 5.41) is 7.57. The van der Waals surface area contributed by atoms with Crippen molar-refractivity contribution in [2.45, 2.75) is 65.0 Å². The Labute approximate surface area is 89.3 Å². The van der Waals surface area contributed by atoms with E-state index >= 15 is 0 Å². The lowest BCUT2D eigenvalue weighted by Crippen LogP contribution is -2.56. The third-order valence-electron chi connectivity index (χ3n) is 3.39. The van der Waals surface area contributed by atoms with E-state index in [2.05, 4.69) is 39.6 Å². The molecule has 1 heterocycles. The lowest BCUT2D eigenvalue weighted by atomic mass is 9.80. The largest absolute Gasteiger partial charge is 0.397 e. The zero-order chi connectivity index (χ0) is 11.4. The molecule has 0 aromatic heterocycles. The highest BCUT2D eigenvalue weighted by Gasteiger charge is 2.37. The average Bonchev–Trinajstić information content (AvgIpc) is 2.01. The van der Waals surface area contributed by atoms with Gasteiger partial charge in [0.15, 0.2) is 0 Å². The van der Waals surface area contributed by atoms with Crippen LogP contribution in [0.3, 0.4) is 0 Å². The van der Waals surface area contributed by atoms with E-state index in [1.165, 1.54) is 19.3 Å². The molecule has 1 saturated heterocycles. The summed E-state index contributed by atoms with van der Waals surface area (Å²) in [5.74, 6) is 0. The molecular formula is C12H27NO. The topological polar surface area (TPSA) is 23.5 Å². The number of hydrogen-bond acceptors (Lipinski definition) is 2. The highest BCUT2D eigenvalue weighted by atomic mass is 16.2. The highest BCUT2D eigenvalue weighted by Crippen LogP contribution is 2.36. The van der Waals surface area contributed by atoms with Crippen LogP contribution >= 0.6 is 0 Å². The number of piperidine rings is 1. The molecule has 0 aromatic rings. The highest BCUT2D eigenvalue weighted by molar-refractivity contribution is 4.94. The van der Waals surface area contributed by atoms with Crippen LogP contribution in [-0.2, 0) is 0 Å². The Morgan fingerprint density at radius 3 is 1.57 bits per heavy atom. The smallest absolute Gasteiger partial charge is 0.0402 e. The Balaban J connectivity index is 0.000000500. The quantitative estimate of drug-likeness (QED) is 0.651. The van der Waals surface area contributed by atoms with E-state index in [1.54, 1.807) is 6.92 Å². The Morgan fingerprint density at radius 2 is 1.36 bits per heavy atom. The van der Waals surface area contributed by atoms with E-state index < -0.39 is 0 Å². The molecule has 1 aliphatic heterocycles. The van der Waals surface area contributed by atoms with E-state index in [1.807, 2.05) is 0 Å². The predicted molar refractivity (Wildman–Crippen MR) is 62.5 cm³/mol. The van der Waals surface area contributed by atoms with Crippen LogP contribution in [0.2, 0.25) is 0 Å². The second-order valence-electron chi connectivity index (χ2n) is 5.35. The summed E-state index contributed by atoms with van der Waals surface area (Å²) in [6, 6.07) is 0. The van der Waals surface area contributed by atoms with Gasteiger partial charge in [0.05, 0.1) is 0 Å². The van der Waals surface area contributed by atoms with E-state index in [0.717, 1.165) is 0 Å². The minimum atomic E-state index is 0.250. The molecule has 0 spiro atoms. The van der Waals surface area contributed by atoms with Gasteiger partial charge in [-0.1, -0.05) is 0 Å². The van der Waals surface area contributed by atoms with Crippen molar-refractivity contribution in [3.63, 3.8) is 0 Å². The van der Waals surface area contributed by atoms with Crippen LogP contribution in [0.4, 0.5) is 0 Å². The summed E-state index contributed by atoms with van der Waals surface area (Å²) >= 11 is 0. The summed E-state index contributed by atoms with van der Waals surface area (Å²) in [5.41, 5.74) is 0.809. The van der Waals surface area contributed by atoms with Crippen LogP contribution in [0.1, 0.15) is 53.9 Å². The monoisotopic (exact) mass is 201 g/mol. The SMILES string of the molecule is CCO.CN1C(C)(C)CCCC1(C)C. The first-order valence-electron chi connectivity index (χ1n) is 5.62. The number of aliphatic hydroxyl groups is 1. The van der Waals surface area contributed by atoms with Gasteiger partial charge in [0, 0.05) is 17.7 Å². The van der Waals surface area contributed by atoms with Gasteiger partial charge in [-0.25, -0.2) is 0 Å². The lowest BCUT2D eigenvalue weighted by molar-refractivity contribution is -0.00199. The van der Waals surface area contributed by atoms with Gasteiger partial charge in [0.2, 0.25) is 0 Å². The summed E-state index contributed by atoms with van der Waals surface area (Å²) in [7, 11) is 2.25. The predicted octanol–water partition coefficient (Wildman–Crippen LogP) is 2.66. The minimum absolute atomic E-state index is 0.250. The molecule has 86 valence electrons. The van der Waals surface area contributed by atoms with E-state index in [4.69, 9.17) is 5.11 Å². The van der Waals surface area contributed by atoms with Gasteiger partial charge >= 0.3 is 0 Å². The zero-order valence-electron chi connectivity index (χ0n) is 10.7. The molecule has 0 radical (unpaired) electrons. The molecule has 0 atom stereocenters. The van der Waals surface area contributed by atoms with E-state index in [0.29, 0.717) is 11.1 Å². The summed E-state index contributed by atoms with van der Waals surface area (Å²) in [6.45, 7) is 11.3. The molecule has 14 heavy (non-hydrogen) atoms. The fourth-order valence-electron chi connectivity index (χ4n) is 2.11. The maximum atomic E-state index is 7.57. The zero-order valence-corrected chi connectivity index (χ0v) is 10.7. The molecule has 0 aliphatic carbocycles. The van der Waals surface area contributed by atoms with Crippen LogP contribution in [0.5, 0.6) is 0 Å². The van der Waals surface area contributed by atoms with Crippen molar-refractivity contribution in [3.8, 4) is 0 Å². The standard InChI is InChI=1S/C10H21N.C2H6O/c1-9(2)7-6-8-10(3,4)11(9)5;1-2-3/h6-8H2,1-5H3;3H,2H2,1H3. The molecule has 1 fully saturated rings. The van der Waals surface area contributed by atoms with Crippen molar-refractivity contribution in [3.05, 3.63) is 0 Å². The first-order valence-corrected chi connectivity index (χ1v) is 5.62. The van der Waals surface area contributed by atoms with Gasteiger partial charge in [0.25, 0.3) is 0 Å². The number of rotatable bonds is 0. The van der Waals surface area contributed by atoms with E-state index in [-0.39, 0.29) is 6.61 Å². The van der Waals surface area contributed by atoms with Crippen molar-refractivity contribution < 1.29 is 5.11 Å². The van der Waals surface area contributed by atoms with Crippen molar-refractivity contribution in [1.29, 1.82) is 0 Å². The van der Waals surface area contributed by atoms with Gasteiger partial charge in [-0.2, -0.15) is 0 Å². The number of nitrogens with zero attached hydrogens (tertiary/aromatic N) is 1. The molecule has 0 unspecified atom stereocenters. The Hall–Kier alpha value is -0.0800. The number of likely N-dealkylation sites (tertiary alicyclic amines) is 1. The molecular weight excluding hydrogens is 174 g/mol. The van der Waals surface area contributed by atoms with Gasteiger partial charge in [-0.05, 0) is 60.9 Å². The molecule has 0 amide bonds. The molecule has 0 aromatic carbocycles. The minimum Gasteiger partial charge on any atom is -0.397 e. The van der Waals surface area contributed by atoms with Gasteiger partial charge in [-0.15, -0.1) is 0 Å². The van der Waals surface area contributed by atoms with Crippen molar-refractivity contribution in [2.24, 2.45) is 0 Å². The summed E-state index contributed by atoms with van der Waals surface area (Å²) in [6.07, 6.45) is 4.06. The van der Waals surface area contributed by atoms with Crippen molar-refractivity contribution >= 4 is 0 Å². The maximum absolute atomic E-state index is 7.57. The number of hydrogen-bond donors (Lipinski definition) is 1. The van der Waals surface area contributed by atoms with Gasteiger partial charge < -0.3 is 5.11 Å². The second-order valence-corrected chi connectivity index (χ2v) is 5.35. The molecule has 2 nitrogen and oxygen atoms in total. The van der Waals surface area contributed by atoms with Crippen LogP contribution in [-0.4, -0.2) is 34.7 Å². The second kappa shape index (κ2) is 5.13. The molecule has 1 aliphatic rings. The molecule has 2 heteroatoms. The Kier molecular flexibility index (Phi) is 5.10. The van der Waals surface area contributed by atoms with Crippen LogP contribution in [0, 0.1) is 0 Å². The average molecular weight is 201 g/mol. The van der Waals surface area contributed by atoms with Gasteiger partial charge in [0.1, 0.15) is 0 Å². The fraction of sp³-hybridized carbons (Fsp3) is 1.00. The molecule has 1 rings (SSSR count). The van der Waals surface area contributed by atoms with Crippen molar-refractivity contribution in [1.82, 2.24) is 4.90 Å². The third kappa shape index (κ3) is 3.58. The van der Waals surface area contributed by atoms with Crippen LogP contribution in [0.25, 0.3) is 0 Å². The Morgan fingerprint density at radius 1 is 1.07 bits per heavy atom. The maximum Gasteiger partial charge on any atom is 0.0402 e. The number of aliphatic hydroxyl groups excluding tert-OH is 1. The molecule has 1 N–H and O–H groups in total. The molecule has 0 saturated carbocycles. The van der Waals surface area contributed by atoms with Crippen LogP contribution < -0.4 is 0 Å². The third-order valence-corrected chi connectivity index (χ3v) is 3.39. The first-order chi connectivity index (χ1) is 6.28. The lowest BCUT2D eigenvalue weighted by Gasteiger charge is -2.50. The fourth-order valence-corrected chi connectivity index (χ4v) is 2.11. The Bertz CT molecular complexity index is 148. The first kappa shape index (κ1) is 13.9. The normalized spacial score (nSPS) is 25.1. The van der Waals surface area contributed by atoms with Crippen molar-refractivity contribution in [2.75, 3.05) is 13.7 Å². The van der Waals surface area contributed by atoms with Gasteiger partial charge in [-0.3, -0.25) is 4.90 Å². The summed E-state index contributed by atoms with van der Waals surface area (Å²) < 4.78 is 0. The van der Waals surface area contributed by atoms with E-state index in [9.17, 15) is 0 Å². The summed E-state index contributed by atoms with van der Waals surface area (Å²) in [4.78, 5) is 2.52. The molecule has 0 bridgehead atoms.